The van der Waals surface area contributed by atoms with E-state index in [9.17, 15) is 22.8 Å². The summed E-state index contributed by atoms with van der Waals surface area (Å²) in [6.07, 6.45) is 0.133. The van der Waals surface area contributed by atoms with Crippen LogP contribution in [0.3, 0.4) is 0 Å². The number of alkyl halides is 3. The molecular weight excluding hydrogens is 596 g/mol. The molecule has 0 aliphatic heterocycles. The van der Waals surface area contributed by atoms with Gasteiger partial charge in [0.15, 0.2) is 5.69 Å². The van der Waals surface area contributed by atoms with Gasteiger partial charge < -0.3 is 14.4 Å². The van der Waals surface area contributed by atoms with Crippen LogP contribution in [0.15, 0.2) is 18.6 Å². The summed E-state index contributed by atoms with van der Waals surface area (Å²) in [5, 5.41) is 4.54. The van der Waals surface area contributed by atoms with Gasteiger partial charge in [0.25, 0.3) is 5.91 Å². The summed E-state index contributed by atoms with van der Waals surface area (Å²) in [4.78, 5) is 31.2. The lowest BCUT2D eigenvalue weighted by atomic mass is 9.72. The highest BCUT2D eigenvalue weighted by molar-refractivity contribution is 6.35. The Hall–Kier alpha value is -2.37. The number of ether oxygens (including phenoxy) is 2. The van der Waals surface area contributed by atoms with Crippen molar-refractivity contribution in [1.82, 2.24) is 19.7 Å². The average molecular weight is 636 g/mol. The molecule has 0 saturated heterocycles. The highest BCUT2D eigenvalue weighted by atomic mass is 35.5. The van der Waals surface area contributed by atoms with Crippen LogP contribution in [0.5, 0.6) is 0 Å². The Labute approximate surface area is 254 Å². The van der Waals surface area contributed by atoms with Crippen LogP contribution in [0.2, 0.25) is 10.0 Å². The van der Waals surface area contributed by atoms with Crippen molar-refractivity contribution in [1.29, 1.82) is 0 Å². The van der Waals surface area contributed by atoms with Gasteiger partial charge in [-0.05, 0) is 43.4 Å². The van der Waals surface area contributed by atoms with E-state index in [0.717, 1.165) is 10.9 Å². The van der Waals surface area contributed by atoms with Crippen molar-refractivity contribution in [2.75, 3.05) is 26.8 Å². The van der Waals surface area contributed by atoms with Gasteiger partial charge in [0.05, 0.1) is 47.4 Å². The van der Waals surface area contributed by atoms with E-state index in [-0.39, 0.29) is 47.5 Å². The molecule has 8 nitrogen and oxygen atoms in total. The molecule has 3 rings (SSSR count). The molecule has 1 amide bonds. The third kappa shape index (κ3) is 8.38. The predicted molar refractivity (Wildman–Crippen MR) is 153 cm³/mol. The molecule has 1 saturated carbocycles. The minimum Gasteiger partial charge on any atom is -0.466 e. The molecule has 0 radical (unpaired) electrons. The third-order valence-electron chi connectivity index (χ3n) is 7.51. The number of hydrogen-bond acceptors (Lipinski definition) is 6. The van der Waals surface area contributed by atoms with E-state index in [0.29, 0.717) is 31.2 Å². The van der Waals surface area contributed by atoms with Crippen molar-refractivity contribution >= 4 is 35.1 Å². The fraction of sp³-hybridized carbons (Fsp3) is 0.655. The van der Waals surface area contributed by atoms with Gasteiger partial charge in [-0.3, -0.25) is 19.3 Å². The average Bonchev–Trinajstić information content (AvgIpc) is 3.32. The Morgan fingerprint density at radius 1 is 1.14 bits per heavy atom. The lowest BCUT2D eigenvalue weighted by Crippen LogP contribution is -2.41. The van der Waals surface area contributed by atoms with Crippen LogP contribution in [-0.4, -0.2) is 58.3 Å². The van der Waals surface area contributed by atoms with Crippen molar-refractivity contribution in [2.24, 2.45) is 10.8 Å². The zero-order valence-electron chi connectivity index (χ0n) is 24.9. The standard InChI is InChI=1S/C29H39Cl2F3N4O4/c1-7-42-23(39)12-28(5)10-8-18(9-11-28)38-25(29(32,33)34)19(13-36-38)26(40)37(17-27(2,3)4)16-22(41-6)24-20(30)14-35-15-21(24)31/h13-15,18,22H,7-12,16-17H2,1-6H3. The second-order valence-corrected chi connectivity index (χ2v) is 13.2. The molecule has 1 fully saturated rings. The number of pyridine rings is 1. The molecule has 0 spiro atoms. The Morgan fingerprint density at radius 3 is 2.24 bits per heavy atom. The molecule has 2 heterocycles. The van der Waals surface area contributed by atoms with Crippen LogP contribution in [0.1, 0.15) is 100 Å². The number of aromatic nitrogens is 3. The second-order valence-electron chi connectivity index (χ2n) is 12.4. The summed E-state index contributed by atoms with van der Waals surface area (Å²) in [5.41, 5.74) is -2.06. The van der Waals surface area contributed by atoms with Gasteiger partial charge in [0.1, 0.15) is 6.10 Å². The second kappa shape index (κ2) is 13.5. The fourth-order valence-corrected chi connectivity index (χ4v) is 6.14. The predicted octanol–water partition coefficient (Wildman–Crippen LogP) is 7.55. The van der Waals surface area contributed by atoms with Gasteiger partial charge in [-0.1, -0.05) is 50.9 Å². The summed E-state index contributed by atoms with van der Waals surface area (Å²) < 4.78 is 55.5. The summed E-state index contributed by atoms with van der Waals surface area (Å²) in [6.45, 7) is 9.62. The molecule has 1 unspecified atom stereocenters. The minimum absolute atomic E-state index is 0.103. The van der Waals surface area contributed by atoms with Crippen LogP contribution >= 0.6 is 23.2 Å². The quantitative estimate of drug-likeness (QED) is 0.251. The van der Waals surface area contributed by atoms with Crippen LogP contribution in [-0.2, 0) is 20.4 Å². The zero-order chi connectivity index (χ0) is 31.5. The van der Waals surface area contributed by atoms with E-state index < -0.39 is 40.9 Å². The Bertz CT molecular complexity index is 1230. The number of nitrogens with zero attached hydrogens (tertiary/aromatic N) is 4. The molecule has 0 N–H and O–H groups in total. The zero-order valence-corrected chi connectivity index (χ0v) is 26.4. The van der Waals surface area contributed by atoms with E-state index in [2.05, 4.69) is 10.1 Å². The van der Waals surface area contributed by atoms with Crippen molar-refractivity contribution in [2.45, 2.75) is 85.0 Å². The number of rotatable bonds is 10. The molecule has 0 aromatic carbocycles. The number of amides is 1. The summed E-state index contributed by atoms with van der Waals surface area (Å²) in [7, 11) is 1.41. The number of carbonyl (C=O) groups excluding carboxylic acids is 2. The number of hydrogen-bond donors (Lipinski definition) is 0. The minimum atomic E-state index is -4.83. The molecule has 2 aromatic heterocycles. The lowest BCUT2D eigenvalue weighted by molar-refractivity contribution is -0.146. The highest BCUT2D eigenvalue weighted by Crippen LogP contribution is 2.45. The van der Waals surface area contributed by atoms with E-state index in [1.165, 1.54) is 24.4 Å². The maximum Gasteiger partial charge on any atom is 0.433 e. The summed E-state index contributed by atoms with van der Waals surface area (Å²) in [5.74, 6) is -1.14. The maximum absolute atomic E-state index is 14.6. The Kier molecular flexibility index (Phi) is 11.0. The van der Waals surface area contributed by atoms with Gasteiger partial charge in [0, 0.05) is 31.6 Å². The van der Waals surface area contributed by atoms with E-state index in [1.54, 1.807) is 6.92 Å². The molecule has 1 atom stereocenters. The van der Waals surface area contributed by atoms with Gasteiger partial charge in [-0.15, -0.1) is 0 Å². The number of methoxy groups -OCH3 is 1. The molecule has 234 valence electrons. The van der Waals surface area contributed by atoms with Gasteiger partial charge in [0.2, 0.25) is 0 Å². The third-order valence-corrected chi connectivity index (χ3v) is 8.12. The first kappa shape index (κ1) is 34.1. The van der Waals surface area contributed by atoms with Crippen LogP contribution in [0, 0.1) is 10.8 Å². The lowest BCUT2D eigenvalue weighted by Gasteiger charge is -2.37. The SMILES string of the molecule is CCOC(=O)CC1(C)CCC(n2ncc(C(=O)N(CC(OC)c3c(Cl)cncc3Cl)CC(C)(C)C)c2C(F)(F)F)CC1. The monoisotopic (exact) mass is 634 g/mol. The van der Waals surface area contributed by atoms with E-state index in [4.69, 9.17) is 32.7 Å². The normalized spacial score (nSPS) is 20.3. The van der Waals surface area contributed by atoms with Crippen molar-refractivity contribution in [3.05, 3.63) is 45.5 Å². The highest BCUT2D eigenvalue weighted by Gasteiger charge is 2.44. The molecule has 1 aliphatic rings. The van der Waals surface area contributed by atoms with Crippen LogP contribution < -0.4 is 0 Å². The Morgan fingerprint density at radius 2 is 1.74 bits per heavy atom. The first-order chi connectivity index (χ1) is 19.5. The molecule has 42 heavy (non-hydrogen) atoms. The fourth-order valence-electron chi connectivity index (χ4n) is 5.53. The summed E-state index contributed by atoms with van der Waals surface area (Å²) >= 11 is 12.7. The first-order valence-electron chi connectivity index (χ1n) is 13.9. The molecular formula is C29H39Cl2F3N4O4. The first-order valence-corrected chi connectivity index (χ1v) is 14.7. The molecule has 1 aliphatic carbocycles. The molecule has 13 heteroatoms. The summed E-state index contributed by atoms with van der Waals surface area (Å²) in [6, 6.07) is -0.573. The number of carbonyl (C=O) groups is 2. The molecule has 2 aromatic rings. The number of esters is 1. The molecule has 0 bridgehead atoms. The van der Waals surface area contributed by atoms with E-state index >= 15 is 0 Å². The smallest absolute Gasteiger partial charge is 0.433 e. The van der Waals surface area contributed by atoms with Crippen molar-refractivity contribution in [3.8, 4) is 0 Å². The Balaban J connectivity index is 1.94. The largest absolute Gasteiger partial charge is 0.466 e. The van der Waals surface area contributed by atoms with Crippen molar-refractivity contribution < 1.29 is 32.2 Å². The van der Waals surface area contributed by atoms with Gasteiger partial charge >= 0.3 is 12.1 Å². The maximum atomic E-state index is 14.6. The van der Waals surface area contributed by atoms with Crippen LogP contribution in [0.4, 0.5) is 13.2 Å². The van der Waals surface area contributed by atoms with Gasteiger partial charge in [-0.25, -0.2) is 0 Å². The van der Waals surface area contributed by atoms with Crippen LogP contribution in [0.25, 0.3) is 0 Å². The van der Waals surface area contributed by atoms with Gasteiger partial charge in [-0.2, -0.15) is 18.3 Å². The van der Waals surface area contributed by atoms with E-state index in [1.807, 2.05) is 27.7 Å². The van der Waals surface area contributed by atoms with Crippen molar-refractivity contribution in [3.63, 3.8) is 0 Å². The number of halogens is 5. The topological polar surface area (TPSA) is 86.6 Å².